The molecular weight excluding hydrogens is 216 g/mol. The molecule has 3 atom stereocenters. The molecule has 1 aliphatic heterocycles. The number of nitrogens with zero attached hydrogens (tertiary/aromatic N) is 1. The summed E-state index contributed by atoms with van der Waals surface area (Å²) in [5.74, 6) is -0.0596. The third kappa shape index (κ3) is 4.28. The highest BCUT2D eigenvalue weighted by molar-refractivity contribution is 5.75. The summed E-state index contributed by atoms with van der Waals surface area (Å²) < 4.78 is 5.18. The number of esters is 1. The van der Waals surface area contributed by atoms with Crippen molar-refractivity contribution in [1.82, 2.24) is 10.2 Å². The lowest BCUT2D eigenvalue weighted by atomic mass is 10.1. The molecule has 0 radical (unpaired) electrons. The molecule has 1 heterocycles. The fraction of sp³-hybridized carbons (Fsp3) is 0.923. The maximum absolute atomic E-state index is 12.0. The van der Waals surface area contributed by atoms with Crippen molar-refractivity contribution >= 4 is 5.97 Å². The van der Waals surface area contributed by atoms with E-state index in [1.54, 1.807) is 0 Å². The summed E-state index contributed by atoms with van der Waals surface area (Å²) >= 11 is 0. The second kappa shape index (κ2) is 6.97. The van der Waals surface area contributed by atoms with Gasteiger partial charge in [0.1, 0.15) is 6.04 Å². The fourth-order valence-electron chi connectivity index (χ4n) is 2.59. The van der Waals surface area contributed by atoms with Gasteiger partial charge in [0.25, 0.3) is 0 Å². The number of carbonyl (C=O) groups excluding carboxylic acids is 1. The zero-order valence-electron chi connectivity index (χ0n) is 11.5. The second-order valence-electron chi connectivity index (χ2n) is 4.98. The minimum atomic E-state index is -0.0630. The van der Waals surface area contributed by atoms with E-state index in [-0.39, 0.29) is 12.0 Å². The summed E-state index contributed by atoms with van der Waals surface area (Å²) in [4.78, 5) is 14.2. The normalized spacial score (nSPS) is 27.8. The maximum Gasteiger partial charge on any atom is 0.323 e. The number of nitrogens with one attached hydrogen (secondary N) is 1. The number of rotatable bonds is 5. The average molecular weight is 242 g/mol. The SMILES string of the molecule is CCCC(C(=O)OCC)N1CC(C)NC(C)C1. The number of hydrogen-bond acceptors (Lipinski definition) is 4. The van der Waals surface area contributed by atoms with Crippen molar-refractivity contribution in [2.24, 2.45) is 0 Å². The van der Waals surface area contributed by atoms with E-state index in [0.29, 0.717) is 18.7 Å². The standard InChI is InChI=1S/C13H26N2O2/c1-5-7-12(13(16)17-6-2)15-8-10(3)14-11(4)9-15/h10-12,14H,5-9H2,1-4H3. The fourth-order valence-corrected chi connectivity index (χ4v) is 2.59. The van der Waals surface area contributed by atoms with Gasteiger partial charge in [-0.05, 0) is 27.2 Å². The van der Waals surface area contributed by atoms with Gasteiger partial charge < -0.3 is 10.1 Å². The van der Waals surface area contributed by atoms with Crippen molar-refractivity contribution in [2.45, 2.75) is 58.7 Å². The van der Waals surface area contributed by atoms with Crippen molar-refractivity contribution < 1.29 is 9.53 Å². The predicted octanol–water partition coefficient (Wildman–Crippen LogP) is 1.40. The quantitative estimate of drug-likeness (QED) is 0.740. The summed E-state index contributed by atoms with van der Waals surface area (Å²) in [6, 6.07) is 0.812. The molecule has 17 heavy (non-hydrogen) atoms. The van der Waals surface area contributed by atoms with Crippen LogP contribution in [0.25, 0.3) is 0 Å². The third-order valence-corrected chi connectivity index (χ3v) is 3.15. The highest BCUT2D eigenvalue weighted by Gasteiger charge is 2.31. The molecule has 3 unspecified atom stereocenters. The Hall–Kier alpha value is -0.610. The molecule has 0 spiro atoms. The molecule has 1 N–H and O–H groups in total. The van der Waals surface area contributed by atoms with Gasteiger partial charge in [-0.3, -0.25) is 9.69 Å². The van der Waals surface area contributed by atoms with Gasteiger partial charge in [-0.1, -0.05) is 13.3 Å². The van der Waals surface area contributed by atoms with Crippen molar-refractivity contribution in [1.29, 1.82) is 0 Å². The average Bonchev–Trinajstić information content (AvgIpc) is 2.24. The smallest absolute Gasteiger partial charge is 0.323 e. The van der Waals surface area contributed by atoms with E-state index in [1.165, 1.54) is 0 Å². The van der Waals surface area contributed by atoms with Gasteiger partial charge >= 0.3 is 5.97 Å². The predicted molar refractivity (Wildman–Crippen MR) is 69.0 cm³/mol. The number of ether oxygens (including phenoxy) is 1. The van der Waals surface area contributed by atoms with Crippen LogP contribution in [0.2, 0.25) is 0 Å². The molecule has 1 saturated heterocycles. The first-order chi connectivity index (χ1) is 8.08. The highest BCUT2D eigenvalue weighted by Crippen LogP contribution is 2.14. The van der Waals surface area contributed by atoms with Gasteiger partial charge in [-0.2, -0.15) is 0 Å². The molecule has 0 aromatic rings. The van der Waals surface area contributed by atoms with Crippen LogP contribution < -0.4 is 5.32 Å². The first-order valence-electron chi connectivity index (χ1n) is 6.75. The molecular formula is C13H26N2O2. The molecule has 1 rings (SSSR count). The van der Waals surface area contributed by atoms with Crippen molar-refractivity contribution in [2.75, 3.05) is 19.7 Å². The van der Waals surface area contributed by atoms with Crippen LogP contribution in [-0.2, 0) is 9.53 Å². The van der Waals surface area contributed by atoms with Crippen LogP contribution in [-0.4, -0.2) is 48.7 Å². The Morgan fingerprint density at radius 1 is 1.35 bits per heavy atom. The van der Waals surface area contributed by atoms with Crippen LogP contribution >= 0.6 is 0 Å². The van der Waals surface area contributed by atoms with E-state index in [2.05, 4.69) is 31.0 Å². The second-order valence-corrected chi connectivity index (χ2v) is 4.98. The Bertz CT molecular complexity index is 236. The molecule has 0 amide bonds. The molecule has 1 aliphatic rings. The molecule has 4 nitrogen and oxygen atoms in total. The number of piperazine rings is 1. The summed E-state index contributed by atoms with van der Waals surface area (Å²) in [6.45, 7) is 10.6. The molecule has 0 aromatic heterocycles. The third-order valence-electron chi connectivity index (χ3n) is 3.15. The minimum Gasteiger partial charge on any atom is -0.465 e. The zero-order chi connectivity index (χ0) is 12.8. The zero-order valence-corrected chi connectivity index (χ0v) is 11.5. The molecule has 4 heteroatoms. The van der Waals surface area contributed by atoms with Crippen molar-refractivity contribution in [3.63, 3.8) is 0 Å². The lowest BCUT2D eigenvalue weighted by molar-refractivity contribution is -0.150. The monoisotopic (exact) mass is 242 g/mol. The van der Waals surface area contributed by atoms with E-state index >= 15 is 0 Å². The van der Waals surface area contributed by atoms with Gasteiger partial charge in [0.05, 0.1) is 6.61 Å². The lowest BCUT2D eigenvalue weighted by Crippen LogP contribution is -2.58. The van der Waals surface area contributed by atoms with Crippen LogP contribution in [0.5, 0.6) is 0 Å². The molecule has 0 aromatic carbocycles. The first-order valence-corrected chi connectivity index (χ1v) is 6.75. The minimum absolute atomic E-state index is 0.0596. The Morgan fingerprint density at radius 3 is 2.41 bits per heavy atom. The van der Waals surface area contributed by atoms with Crippen molar-refractivity contribution in [3.05, 3.63) is 0 Å². The van der Waals surface area contributed by atoms with Crippen molar-refractivity contribution in [3.8, 4) is 0 Å². The summed E-state index contributed by atoms with van der Waals surface area (Å²) in [6.07, 6.45) is 1.90. The maximum atomic E-state index is 12.0. The molecule has 1 fully saturated rings. The lowest BCUT2D eigenvalue weighted by Gasteiger charge is -2.39. The summed E-state index contributed by atoms with van der Waals surface area (Å²) in [7, 11) is 0. The molecule has 0 saturated carbocycles. The summed E-state index contributed by atoms with van der Waals surface area (Å²) in [5.41, 5.74) is 0. The molecule has 0 bridgehead atoms. The van der Waals surface area contributed by atoms with Crippen LogP contribution in [0.1, 0.15) is 40.5 Å². The van der Waals surface area contributed by atoms with Gasteiger partial charge in [0.2, 0.25) is 0 Å². The van der Waals surface area contributed by atoms with Crippen LogP contribution in [0.15, 0.2) is 0 Å². The molecule has 0 aliphatic carbocycles. The van der Waals surface area contributed by atoms with Gasteiger partial charge in [-0.15, -0.1) is 0 Å². The van der Waals surface area contributed by atoms with Crippen LogP contribution in [0.3, 0.4) is 0 Å². The van der Waals surface area contributed by atoms with E-state index < -0.39 is 0 Å². The first kappa shape index (κ1) is 14.5. The number of hydrogen-bond donors (Lipinski definition) is 1. The Balaban J connectivity index is 2.65. The van der Waals surface area contributed by atoms with Gasteiger partial charge in [-0.25, -0.2) is 0 Å². The van der Waals surface area contributed by atoms with Crippen LogP contribution in [0.4, 0.5) is 0 Å². The Kier molecular flexibility index (Phi) is 5.92. The highest BCUT2D eigenvalue weighted by atomic mass is 16.5. The van der Waals surface area contributed by atoms with E-state index in [0.717, 1.165) is 25.9 Å². The van der Waals surface area contributed by atoms with E-state index in [4.69, 9.17) is 4.74 Å². The Morgan fingerprint density at radius 2 is 1.94 bits per heavy atom. The van der Waals surface area contributed by atoms with E-state index in [1.807, 2.05) is 6.92 Å². The Labute approximate surface area is 105 Å². The molecule has 100 valence electrons. The van der Waals surface area contributed by atoms with E-state index in [9.17, 15) is 4.79 Å². The largest absolute Gasteiger partial charge is 0.465 e. The number of carbonyl (C=O) groups is 1. The summed E-state index contributed by atoms with van der Waals surface area (Å²) in [5, 5.41) is 3.48. The van der Waals surface area contributed by atoms with Crippen LogP contribution in [0, 0.1) is 0 Å². The van der Waals surface area contributed by atoms with Gasteiger partial charge in [0.15, 0.2) is 0 Å². The van der Waals surface area contributed by atoms with Gasteiger partial charge in [0, 0.05) is 25.2 Å². The topological polar surface area (TPSA) is 41.6 Å².